The quantitative estimate of drug-likeness (QED) is 0.762. The van der Waals surface area contributed by atoms with Gasteiger partial charge in [-0.05, 0) is 37.0 Å². The molecule has 0 radical (unpaired) electrons. The maximum Gasteiger partial charge on any atom is 0.247 e. The topological polar surface area (TPSA) is 87.3 Å². The van der Waals surface area contributed by atoms with E-state index in [2.05, 4.69) is 16.0 Å². The molecule has 0 bridgehead atoms. The van der Waals surface area contributed by atoms with Crippen LogP contribution in [0.4, 0.5) is 11.4 Å². The molecule has 1 atom stereocenters. The van der Waals surface area contributed by atoms with Gasteiger partial charge in [0.1, 0.15) is 6.04 Å². The van der Waals surface area contributed by atoms with E-state index in [0.29, 0.717) is 16.4 Å². The van der Waals surface area contributed by atoms with Crippen molar-refractivity contribution >= 4 is 40.7 Å². The van der Waals surface area contributed by atoms with E-state index in [1.807, 2.05) is 0 Å². The van der Waals surface area contributed by atoms with Crippen LogP contribution in [0.2, 0.25) is 5.02 Å². The first-order chi connectivity index (χ1) is 11.4. The van der Waals surface area contributed by atoms with Gasteiger partial charge in [-0.25, -0.2) is 0 Å². The lowest BCUT2D eigenvalue weighted by atomic mass is 9.97. The smallest absolute Gasteiger partial charge is 0.247 e. The summed E-state index contributed by atoms with van der Waals surface area (Å²) >= 11 is 6.13. The number of hydrogen-bond acceptors (Lipinski definition) is 3. The summed E-state index contributed by atoms with van der Waals surface area (Å²) in [5.74, 6) is -0.609. The molecule has 6 nitrogen and oxygen atoms in total. The molecule has 0 heterocycles. The third kappa shape index (κ3) is 4.96. The number of amides is 3. The van der Waals surface area contributed by atoms with Crippen LogP contribution in [0.25, 0.3) is 0 Å². The summed E-state index contributed by atoms with van der Waals surface area (Å²) in [6, 6.07) is 4.28. The molecule has 0 spiro atoms. The van der Waals surface area contributed by atoms with Gasteiger partial charge in [-0.15, -0.1) is 0 Å². The van der Waals surface area contributed by atoms with Gasteiger partial charge >= 0.3 is 0 Å². The van der Waals surface area contributed by atoms with Crippen LogP contribution < -0.4 is 16.0 Å². The van der Waals surface area contributed by atoms with Crippen molar-refractivity contribution in [1.29, 1.82) is 0 Å². The Bertz CT molecular complexity index is 642. The summed E-state index contributed by atoms with van der Waals surface area (Å²) < 4.78 is 0. The van der Waals surface area contributed by atoms with Crippen LogP contribution in [0.1, 0.15) is 39.5 Å². The maximum absolute atomic E-state index is 12.6. The second-order valence-electron chi connectivity index (χ2n) is 6.09. The molecule has 130 valence electrons. The number of hydrogen-bond donors (Lipinski definition) is 3. The molecule has 2 rings (SSSR count). The molecule has 0 saturated heterocycles. The van der Waals surface area contributed by atoms with Crippen molar-refractivity contribution in [3.05, 3.63) is 23.2 Å². The summed E-state index contributed by atoms with van der Waals surface area (Å²) in [5.41, 5.74) is 0.945. The van der Waals surface area contributed by atoms with E-state index in [0.717, 1.165) is 25.7 Å². The second kappa shape index (κ2) is 8.15. The first kappa shape index (κ1) is 18.3. The van der Waals surface area contributed by atoms with Crippen LogP contribution in [-0.2, 0) is 14.4 Å². The molecule has 1 aliphatic rings. The molecule has 3 amide bonds. The van der Waals surface area contributed by atoms with E-state index in [-0.39, 0.29) is 23.6 Å². The third-order valence-electron chi connectivity index (χ3n) is 4.06. The predicted octanol–water partition coefficient (Wildman–Crippen LogP) is 2.93. The van der Waals surface area contributed by atoms with Gasteiger partial charge in [-0.3, -0.25) is 14.4 Å². The van der Waals surface area contributed by atoms with Crippen molar-refractivity contribution < 1.29 is 14.4 Å². The molecule has 1 unspecified atom stereocenters. The van der Waals surface area contributed by atoms with Crippen LogP contribution in [0, 0.1) is 5.92 Å². The SMILES string of the molecule is CC(=O)Nc1ccc(Cl)c(NC(=O)C(NC(C)=O)C2CCCC2)c1. The number of benzene rings is 1. The molecule has 7 heteroatoms. The monoisotopic (exact) mass is 351 g/mol. The van der Waals surface area contributed by atoms with Gasteiger partial charge in [0.25, 0.3) is 0 Å². The summed E-state index contributed by atoms with van der Waals surface area (Å²) in [7, 11) is 0. The molecule has 1 saturated carbocycles. The molecular weight excluding hydrogens is 330 g/mol. The average Bonchev–Trinajstić information content (AvgIpc) is 3.01. The van der Waals surface area contributed by atoms with Crippen LogP contribution in [-0.4, -0.2) is 23.8 Å². The molecule has 0 aliphatic heterocycles. The molecule has 3 N–H and O–H groups in total. The molecular formula is C17H22ClN3O3. The zero-order valence-corrected chi connectivity index (χ0v) is 14.6. The van der Waals surface area contributed by atoms with E-state index < -0.39 is 6.04 Å². The highest BCUT2D eigenvalue weighted by atomic mass is 35.5. The van der Waals surface area contributed by atoms with Gasteiger partial charge in [0.15, 0.2) is 0 Å². The van der Waals surface area contributed by atoms with Crippen molar-refractivity contribution in [3.63, 3.8) is 0 Å². The maximum atomic E-state index is 12.6. The Hall–Kier alpha value is -2.08. The highest BCUT2D eigenvalue weighted by Gasteiger charge is 2.31. The normalized spacial score (nSPS) is 15.6. The number of carbonyl (C=O) groups excluding carboxylic acids is 3. The number of rotatable bonds is 5. The Morgan fingerprint density at radius 1 is 1.08 bits per heavy atom. The van der Waals surface area contributed by atoms with Gasteiger partial charge in [0, 0.05) is 19.5 Å². The zero-order valence-electron chi connectivity index (χ0n) is 13.8. The van der Waals surface area contributed by atoms with E-state index in [1.54, 1.807) is 18.2 Å². The molecule has 24 heavy (non-hydrogen) atoms. The van der Waals surface area contributed by atoms with Crippen LogP contribution in [0.5, 0.6) is 0 Å². The lowest BCUT2D eigenvalue weighted by Gasteiger charge is -2.23. The molecule has 1 aliphatic carbocycles. The minimum atomic E-state index is -0.578. The molecule has 1 fully saturated rings. The van der Waals surface area contributed by atoms with Gasteiger partial charge < -0.3 is 16.0 Å². The van der Waals surface area contributed by atoms with Crippen LogP contribution in [0.15, 0.2) is 18.2 Å². The van der Waals surface area contributed by atoms with E-state index >= 15 is 0 Å². The Balaban J connectivity index is 2.15. The lowest BCUT2D eigenvalue weighted by Crippen LogP contribution is -2.47. The van der Waals surface area contributed by atoms with Crippen molar-refractivity contribution in [3.8, 4) is 0 Å². The van der Waals surface area contributed by atoms with Gasteiger partial charge in [-0.1, -0.05) is 24.4 Å². The van der Waals surface area contributed by atoms with Crippen LogP contribution >= 0.6 is 11.6 Å². The first-order valence-corrected chi connectivity index (χ1v) is 8.39. The Kier molecular flexibility index (Phi) is 6.20. The largest absolute Gasteiger partial charge is 0.344 e. The molecule has 1 aromatic carbocycles. The predicted molar refractivity (Wildman–Crippen MR) is 93.9 cm³/mol. The molecule has 0 aromatic heterocycles. The van der Waals surface area contributed by atoms with Crippen molar-refractivity contribution in [2.24, 2.45) is 5.92 Å². The highest BCUT2D eigenvalue weighted by molar-refractivity contribution is 6.34. The fourth-order valence-corrected chi connectivity index (χ4v) is 3.18. The van der Waals surface area contributed by atoms with E-state index in [1.165, 1.54) is 13.8 Å². The zero-order chi connectivity index (χ0) is 17.7. The number of halogens is 1. The minimum Gasteiger partial charge on any atom is -0.344 e. The second-order valence-corrected chi connectivity index (χ2v) is 6.49. The summed E-state index contributed by atoms with van der Waals surface area (Å²) in [6.07, 6.45) is 3.95. The Labute approximate surface area is 146 Å². The fraction of sp³-hybridized carbons (Fsp3) is 0.471. The first-order valence-electron chi connectivity index (χ1n) is 8.02. The summed E-state index contributed by atoms with van der Waals surface area (Å²) in [4.78, 5) is 35.3. The van der Waals surface area contributed by atoms with Crippen molar-refractivity contribution in [2.45, 2.75) is 45.6 Å². The van der Waals surface area contributed by atoms with Gasteiger partial charge in [0.05, 0.1) is 10.7 Å². The van der Waals surface area contributed by atoms with Crippen LogP contribution in [0.3, 0.4) is 0 Å². The average molecular weight is 352 g/mol. The standard InChI is InChI=1S/C17H22ClN3O3/c1-10(22)19-13-7-8-14(18)15(9-13)21-17(24)16(20-11(2)23)12-5-3-4-6-12/h7-9,12,16H,3-6H2,1-2H3,(H,19,22)(H,20,23)(H,21,24). The van der Waals surface area contributed by atoms with Crippen molar-refractivity contribution in [2.75, 3.05) is 10.6 Å². The number of carbonyl (C=O) groups is 3. The van der Waals surface area contributed by atoms with Gasteiger partial charge in [0.2, 0.25) is 17.7 Å². The fourth-order valence-electron chi connectivity index (χ4n) is 3.02. The van der Waals surface area contributed by atoms with E-state index in [4.69, 9.17) is 11.6 Å². The molecule has 1 aromatic rings. The third-order valence-corrected chi connectivity index (χ3v) is 4.39. The highest BCUT2D eigenvalue weighted by Crippen LogP contribution is 2.30. The van der Waals surface area contributed by atoms with Gasteiger partial charge in [-0.2, -0.15) is 0 Å². The van der Waals surface area contributed by atoms with Crippen molar-refractivity contribution in [1.82, 2.24) is 5.32 Å². The number of nitrogens with one attached hydrogen (secondary N) is 3. The number of anilines is 2. The Morgan fingerprint density at radius 2 is 1.75 bits per heavy atom. The summed E-state index contributed by atoms with van der Waals surface area (Å²) in [5, 5.41) is 8.52. The lowest BCUT2D eigenvalue weighted by molar-refractivity contribution is -0.126. The Morgan fingerprint density at radius 3 is 2.33 bits per heavy atom. The van der Waals surface area contributed by atoms with E-state index in [9.17, 15) is 14.4 Å². The summed E-state index contributed by atoms with van der Waals surface area (Å²) in [6.45, 7) is 2.80. The minimum absolute atomic E-state index is 0.131.